The third-order valence-electron chi connectivity index (χ3n) is 3.97. The summed E-state index contributed by atoms with van der Waals surface area (Å²) >= 11 is 1.44. The number of rotatable bonds is 6. The van der Waals surface area contributed by atoms with Crippen molar-refractivity contribution in [2.45, 2.75) is 12.3 Å². The molecule has 2 aromatic heterocycles. The van der Waals surface area contributed by atoms with Crippen molar-refractivity contribution in [1.29, 1.82) is 5.26 Å². The Bertz CT molecular complexity index is 953. The van der Waals surface area contributed by atoms with Crippen molar-refractivity contribution in [2.75, 3.05) is 6.54 Å². The number of nitrogens with zero attached hydrogens (tertiary/aromatic N) is 3. The highest BCUT2D eigenvalue weighted by molar-refractivity contribution is 7.08. The molecule has 0 spiro atoms. The summed E-state index contributed by atoms with van der Waals surface area (Å²) in [6.45, 7) is 0.190. The maximum Gasteiger partial charge on any atom is 0.252 e. The molecule has 1 amide bonds. The van der Waals surface area contributed by atoms with Crippen LogP contribution in [0.4, 0.5) is 0 Å². The summed E-state index contributed by atoms with van der Waals surface area (Å²) in [7, 11) is 1.79. The number of aryl methyl sites for hydroxylation is 1. The van der Waals surface area contributed by atoms with Crippen LogP contribution in [0.25, 0.3) is 11.0 Å². The standard InChI is InChI=1S/C18H16N4O2S/c1-22-15-5-3-2-4-14(15)21-17(22)13(10-19)16(23)6-8-20-18(24)12-7-9-25-11-12/h2-5,7,9,11,13H,6,8H2,1H3,(H,20,24). The summed E-state index contributed by atoms with van der Waals surface area (Å²) in [5.41, 5.74) is 2.19. The molecule has 0 aliphatic heterocycles. The molecule has 1 atom stereocenters. The molecule has 126 valence electrons. The van der Waals surface area contributed by atoms with E-state index in [9.17, 15) is 14.9 Å². The topological polar surface area (TPSA) is 87.8 Å². The van der Waals surface area contributed by atoms with Gasteiger partial charge in [0.15, 0.2) is 11.7 Å². The van der Waals surface area contributed by atoms with Crippen LogP contribution in [0.3, 0.4) is 0 Å². The fourth-order valence-corrected chi connectivity index (χ4v) is 3.27. The molecule has 1 aromatic carbocycles. The van der Waals surface area contributed by atoms with Gasteiger partial charge in [0.2, 0.25) is 0 Å². The smallest absolute Gasteiger partial charge is 0.252 e. The zero-order chi connectivity index (χ0) is 17.8. The molecule has 3 rings (SSSR count). The molecule has 0 aliphatic rings. The van der Waals surface area contributed by atoms with Gasteiger partial charge in [0.25, 0.3) is 5.91 Å². The number of ketones is 1. The van der Waals surface area contributed by atoms with Crippen LogP contribution in [0.5, 0.6) is 0 Å². The normalized spacial score (nSPS) is 11.8. The number of nitriles is 1. The maximum absolute atomic E-state index is 12.4. The summed E-state index contributed by atoms with van der Waals surface area (Å²) in [5.74, 6) is -0.995. The Morgan fingerprint density at radius 3 is 2.84 bits per heavy atom. The molecule has 0 saturated carbocycles. The van der Waals surface area contributed by atoms with Crippen molar-refractivity contribution in [1.82, 2.24) is 14.9 Å². The SMILES string of the molecule is Cn1c(C(C#N)C(=O)CCNC(=O)c2ccsc2)nc2ccccc21. The monoisotopic (exact) mass is 352 g/mol. The first kappa shape index (κ1) is 16.9. The largest absolute Gasteiger partial charge is 0.352 e. The van der Waals surface area contributed by atoms with Gasteiger partial charge in [0, 0.05) is 31.0 Å². The Morgan fingerprint density at radius 2 is 2.16 bits per heavy atom. The molecular formula is C18H16N4O2S. The van der Waals surface area contributed by atoms with E-state index >= 15 is 0 Å². The van der Waals surface area contributed by atoms with E-state index in [1.54, 1.807) is 23.1 Å². The second-order valence-corrected chi connectivity index (χ2v) is 6.34. The highest BCUT2D eigenvalue weighted by Crippen LogP contribution is 2.22. The maximum atomic E-state index is 12.4. The van der Waals surface area contributed by atoms with Gasteiger partial charge in [-0.05, 0) is 23.6 Å². The van der Waals surface area contributed by atoms with Crippen LogP contribution in [0.15, 0.2) is 41.1 Å². The van der Waals surface area contributed by atoms with E-state index in [1.165, 1.54) is 11.3 Å². The number of carbonyl (C=O) groups excluding carboxylic acids is 2. The van der Waals surface area contributed by atoms with E-state index in [0.29, 0.717) is 11.4 Å². The summed E-state index contributed by atoms with van der Waals surface area (Å²) in [6.07, 6.45) is 0.0807. The van der Waals surface area contributed by atoms with Crippen molar-refractivity contribution < 1.29 is 9.59 Å². The van der Waals surface area contributed by atoms with Crippen LogP contribution in [-0.4, -0.2) is 27.8 Å². The Balaban J connectivity index is 1.68. The number of para-hydroxylation sites is 2. The summed E-state index contributed by atoms with van der Waals surface area (Å²) < 4.78 is 1.77. The second-order valence-electron chi connectivity index (χ2n) is 5.56. The van der Waals surface area contributed by atoms with Gasteiger partial charge >= 0.3 is 0 Å². The predicted molar refractivity (Wildman–Crippen MR) is 95.3 cm³/mol. The van der Waals surface area contributed by atoms with Gasteiger partial charge in [0.05, 0.1) is 17.1 Å². The Labute approximate surface area is 148 Å². The van der Waals surface area contributed by atoms with Crippen molar-refractivity contribution in [3.05, 3.63) is 52.5 Å². The van der Waals surface area contributed by atoms with E-state index in [-0.39, 0.29) is 24.7 Å². The highest BCUT2D eigenvalue weighted by atomic mass is 32.1. The molecule has 2 heterocycles. The number of imidazole rings is 1. The molecule has 0 saturated heterocycles. The van der Waals surface area contributed by atoms with Crippen molar-refractivity contribution in [3.8, 4) is 6.07 Å². The van der Waals surface area contributed by atoms with Crippen molar-refractivity contribution in [2.24, 2.45) is 7.05 Å². The zero-order valence-corrected chi connectivity index (χ0v) is 14.4. The van der Waals surface area contributed by atoms with Crippen LogP contribution in [0.1, 0.15) is 28.5 Å². The van der Waals surface area contributed by atoms with E-state index in [2.05, 4.69) is 10.3 Å². The first-order valence-electron chi connectivity index (χ1n) is 7.76. The van der Waals surface area contributed by atoms with Gasteiger partial charge in [-0.1, -0.05) is 12.1 Å². The van der Waals surface area contributed by atoms with Gasteiger partial charge in [0.1, 0.15) is 5.82 Å². The predicted octanol–water partition coefficient (Wildman–Crippen LogP) is 2.63. The van der Waals surface area contributed by atoms with Crippen LogP contribution in [0.2, 0.25) is 0 Å². The minimum absolute atomic E-state index is 0.0807. The number of benzene rings is 1. The number of amides is 1. The van der Waals surface area contributed by atoms with Gasteiger partial charge in [-0.2, -0.15) is 16.6 Å². The number of thiophene rings is 1. The second kappa shape index (κ2) is 7.28. The lowest BCUT2D eigenvalue weighted by molar-refractivity contribution is -0.119. The number of Topliss-reactive ketones (excluding diaryl/α,β-unsaturated/α-hetero) is 1. The van der Waals surface area contributed by atoms with Gasteiger partial charge in [-0.25, -0.2) is 4.98 Å². The third-order valence-corrected chi connectivity index (χ3v) is 4.65. The quantitative estimate of drug-likeness (QED) is 0.739. The molecule has 0 aliphatic carbocycles. The first-order chi connectivity index (χ1) is 12.1. The number of nitrogens with one attached hydrogen (secondary N) is 1. The molecule has 0 radical (unpaired) electrons. The van der Waals surface area contributed by atoms with Crippen molar-refractivity contribution in [3.63, 3.8) is 0 Å². The number of carbonyl (C=O) groups is 2. The lowest BCUT2D eigenvalue weighted by Crippen LogP contribution is -2.27. The Kier molecular flexibility index (Phi) is 4.91. The van der Waals surface area contributed by atoms with Crippen LogP contribution in [-0.2, 0) is 11.8 Å². The molecule has 0 bridgehead atoms. The third kappa shape index (κ3) is 3.44. The average molecular weight is 352 g/mol. The molecular weight excluding hydrogens is 336 g/mol. The summed E-state index contributed by atoms with van der Waals surface area (Å²) in [6, 6.07) is 11.3. The van der Waals surface area contributed by atoms with Gasteiger partial charge < -0.3 is 9.88 Å². The molecule has 6 nitrogen and oxygen atoms in total. The minimum atomic E-state index is -0.949. The van der Waals surface area contributed by atoms with Crippen LogP contribution in [0, 0.1) is 11.3 Å². The molecule has 7 heteroatoms. The average Bonchev–Trinajstić information content (AvgIpc) is 3.25. The molecule has 1 unspecified atom stereocenters. The first-order valence-corrected chi connectivity index (χ1v) is 8.70. The fraction of sp³-hybridized carbons (Fsp3) is 0.222. The highest BCUT2D eigenvalue weighted by Gasteiger charge is 2.25. The number of hydrogen-bond donors (Lipinski definition) is 1. The van der Waals surface area contributed by atoms with Crippen molar-refractivity contribution >= 4 is 34.1 Å². The number of fused-ring (bicyclic) bond motifs is 1. The minimum Gasteiger partial charge on any atom is -0.352 e. The molecule has 3 aromatic rings. The lowest BCUT2D eigenvalue weighted by Gasteiger charge is -2.09. The van der Waals surface area contributed by atoms with E-state index < -0.39 is 5.92 Å². The van der Waals surface area contributed by atoms with Gasteiger partial charge in [-0.3, -0.25) is 9.59 Å². The Hall–Kier alpha value is -2.98. The molecule has 0 fully saturated rings. The number of aromatic nitrogens is 2. The molecule has 25 heavy (non-hydrogen) atoms. The lowest BCUT2D eigenvalue weighted by atomic mass is 10.0. The fourth-order valence-electron chi connectivity index (χ4n) is 2.64. The summed E-state index contributed by atoms with van der Waals surface area (Å²) in [4.78, 5) is 28.7. The Morgan fingerprint density at radius 1 is 1.36 bits per heavy atom. The van der Waals surface area contributed by atoms with E-state index in [4.69, 9.17) is 0 Å². The molecule has 1 N–H and O–H groups in total. The van der Waals surface area contributed by atoms with Crippen LogP contribution >= 0.6 is 11.3 Å². The van der Waals surface area contributed by atoms with Crippen LogP contribution < -0.4 is 5.32 Å². The number of hydrogen-bond acceptors (Lipinski definition) is 5. The van der Waals surface area contributed by atoms with E-state index in [0.717, 1.165) is 11.0 Å². The summed E-state index contributed by atoms with van der Waals surface area (Å²) in [5, 5.41) is 15.7. The van der Waals surface area contributed by atoms with E-state index in [1.807, 2.05) is 35.7 Å². The van der Waals surface area contributed by atoms with Gasteiger partial charge in [-0.15, -0.1) is 0 Å². The zero-order valence-electron chi connectivity index (χ0n) is 13.6.